The summed E-state index contributed by atoms with van der Waals surface area (Å²) >= 11 is 0. The van der Waals surface area contributed by atoms with Crippen molar-refractivity contribution in [3.8, 4) is 67.5 Å². The van der Waals surface area contributed by atoms with E-state index in [1.807, 2.05) is 24.3 Å². The number of unbranched alkanes of at least 4 members (excludes halogenated alkanes) is 27. The van der Waals surface area contributed by atoms with Gasteiger partial charge in [-0.1, -0.05) is 243 Å². The Morgan fingerprint density at radius 2 is 0.532 bits per heavy atom. The zero-order valence-corrected chi connectivity index (χ0v) is 57.4. The highest BCUT2D eigenvalue weighted by molar-refractivity contribution is 6.00. The summed E-state index contributed by atoms with van der Waals surface area (Å²) in [5, 5.41) is 0. The molecule has 0 spiro atoms. The second-order valence-electron chi connectivity index (χ2n) is 25.8. The molecule has 0 saturated carbocycles. The molecule has 4 aromatic carbocycles. The number of carbonyl (C=O) groups excluding carboxylic acids is 1. The summed E-state index contributed by atoms with van der Waals surface area (Å²) in [4.78, 5) is 31.4. The van der Waals surface area contributed by atoms with Crippen molar-refractivity contribution >= 4 is 52.3 Å². The molecule has 9 rings (SSSR count). The van der Waals surface area contributed by atoms with E-state index in [0.29, 0.717) is 32.2 Å². The number of fused-ring (bicyclic) bond motifs is 8. The first kappa shape index (κ1) is 70.5. The first-order valence-corrected chi connectivity index (χ1v) is 36.7. The zero-order valence-electron chi connectivity index (χ0n) is 57.4. The topological polar surface area (TPSA) is 121 Å². The minimum atomic E-state index is -0.410. The maximum Gasteiger partial charge on any atom is 0.344 e. The summed E-state index contributed by atoms with van der Waals surface area (Å²) in [6.45, 7) is 10.8. The van der Waals surface area contributed by atoms with E-state index in [4.69, 9.17) is 33.7 Å². The van der Waals surface area contributed by atoms with Crippen molar-refractivity contribution in [3.05, 3.63) is 144 Å². The highest BCUT2D eigenvalue weighted by Gasteiger charge is 2.20. The highest BCUT2D eigenvalue weighted by Crippen LogP contribution is 2.40. The van der Waals surface area contributed by atoms with Crippen LogP contribution in [0, 0.1) is 0 Å². The minimum Gasteiger partial charge on any atom is -0.494 e. The van der Waals surface area contributed by atoms with Crippen LogP contribution in [0.25, 0.3) is 90.9 Å². The van der Waals surface area contributed by atoms with Crippen molar-refractivity contribution in [3.63, 3.8) is 0 Å². The Bertz CT molecular complexity index is 3530. The molecule has 7 aromatic rings. The Kier molecular flexibility index (Phi) is 29.8. The third-order valence-corrected chi connectivity index (χ3v) is 18.3. The number of H-pyrrole nitrogens is 2. The Morgan fingerprint density at radius 1 is 0.298 bits per heavy atom. The van der Waals surface area contributed by atoms with Crippen molar-refractivity contribution in [1.29, 1.82) is 0 Å². The number of hydrogen-bond donors (Lipinski definition) is 2. The number of benzene rings is 4. The summed E-state index contributed by atoms with van der Waals surface area (Å²) in [7, 11) is 0. The van der Waals surface area contributed by atoms with Crippen molar-refractivity contribution in [2.45, 2.75) is 220 Å². The van der Waals surface area contributed by atoms with Gasteiger partial charge in [0.1, 0.15) is 23.0 Å². The Balaban J connectivity index is 1.08. The van der Waals surface area contributed by atoms with Crippen LogP contribution < -0.4 is 18.9 Å². The SMILES string of the molecule is CCCCCCCCCCCCOc1ccc(-c2c3nc(c(-c4ccc(OCCCCCCCCCCCC)cc4)c4ccc([nH]4)c(-c4ccc(OCC(=O)OCC)cc4)c4nc(c(-c5ccc(OCCCCCCCCCCCC)cc5)c5ccc2[nH]5)C=C4)C=C3)cc1. The lowest BCUT2D eigenvalue weighted by Crippen LogP contribution is -2.14. The number of aromatic nitrogens is 4. The van der Waals surface area contributed by atoms with Crippen LogP contribution in [0.3, 0.4) is 0 Å². The number of carbonyl (C=O) groups is 1. The largest absolute Gasteiger partial charge is 0.494 e. The number of rotatable bonds is 44. The fourth-order valence-corrected chi connectivity index (χ4v) is 13.0. The van der Waals surface area contributed by atoms with Gasteiger partial charge in [0.15, 0.2) is 6.61 Å². The van der Waals surface area contributed by atoms with E-state index in [-0.39, 0.29) is 6.61 Å². The summed E-state index contributed by atoms with van der Waals surface area (Å²) in [6.07, 6.45) is 47.1. The van der Waals surface area contributed by atoms with Crippen molar-refractivity contribution in [2.75, 3.05) is 33.0 Å². The lowest BCUT2D eigenvalue weighted by molar-refractivity contribution is -0.145. The predicted molar refractivity (Wildman–Crippen MR) is 395 cm³/mol. The number of esters is 1. The minimum absolute atomic E-state index is 0.175. The molecule has 10 nitrogen and oxygen atoms in total. The van der Waals surface area contributed by atoms with Gasteiger partial charge < -0.3 is 33.7 Å². The maximum atomic E-state index is 12.3. The molecular formula is C84H108N4O6. The van der Waals surface area contributed by atoms with Gasteiger partial charge in [-0.3, -0.25) is 0 Å². The predicted octanol–water partition coefficient (Wildman–Crippen LogP) is 24.2. The molecule has 0 saturated heterocycles. The number of hydrogen-bond acceptors (Lipinski definition) is 8. The second kappa shape index (κ2) is 39.8. The van der Waals surface area contributed by atoms with Crippen molar-refractivity contribution in [2.24, 2.45) is 0 Å². The van der Waals surface area contributed by atoms with Crippen LogP contribution >= 0.6 is 0 Å². The lowest BCUT2D eigenvalue weighted by atomic mass is 10.0. The first-order chi connectivity index (χ1) is 46.4. The van der Waals surface area contributed by atoms with Gasteiger partial charge in [-0.05, 0) is 146 Å². The van der Waals surface area contributed by atoms with Gasteiger partial charge in [-0.2, -0.15) is 0 Å². The molecule has 10 heteroatoms. The Labute approximate surface area is 562 Å². The monoisotopic (exact) mass is 1270 g/mol. The summed E-state index contributed by atoms with van der Waals surface area (Å²) in [6, 6.07) is 42.1. The van der Waals surface area contributed by atoms with Crippen LogP contribution in [0.15, 0.2) is 121 Å². The molecule has 0 amide bonds. The van der Waals surface area contributed by atoms with Crippen LogP contribution in [0.1, 0.15) is 243 Å². The zero-order chi connectivity index (χ0) is 65.2. The molecule has 3 aromatic heterocycles. The molecule has 2 N–H and O–H groups in total. The summed E-state index contributed by atoms with van der Waals surface area (Å²) in [5.41, 5.74) is 14.6. The smallest absolute Gasteiger partial charge is 0.344 e. The number of nitrogens with zero attached hydrogens (tertiary/aromatic N) is 2. The summed E-state index contributed by atoms with van der Waals surface area (Å²) < 4.78 is 30.2. The van der Waals surface area contributed by atoms with Crippen LogP contribution in [-0.4, -0.2) is 58.9 Å². The number of ether oxygens (including phenoxy) is 5. The van der Waals surface area contributed by atoms with E-state index >= 15 is 0 Å². The maximum absolute atomic E-state index is 12.3. The first-order valence-electron chi connectivity index (χ1n) is 36.7. The van der Waals surface area contributed by atoms with Gasteiger partial charge in [-0.15, -0.1) is 0 Å². The van der Waals surface area contributed by atoms with Crippen LogP contribution in [0.4, 0.5) is 0 Å². The van der Waals surface area contributed by atoms with E-state index in [2.05, 4.69) is 152 Å². The van der Waals surface area contributed by atoms with E-state index in [1.165, 1.54) is 173 Å². The molecular weight excluding hydrogens is 1160 g/mol. The second-order valence-corrected chi connectivity index (χ2v) is 25.8. The Hall–Kier alpha value is -7.85. The van der Waals surface area contributed by atoms with Gasteiger partial charge in [-0.25, -0.2) is 14.8 Å². The van der Waals surface area contributed by atoms with Gasteiger partial charge >= 0.3 is 5.97 Å². The molecule has 0 radical (unpaired) electrons. The van der Waals surface area contributed by atoms with E-state index in [1.54, 1.807) is 6.92 Å². The van der Waals surface area contributed by atoms with Gasteiger partial charge in [0.2, 0.25) is 0 Å². The van der Waals surface area contributed by atoms with Crippen molar-refractivity contribution < 1.29 is 28.5 Å². The molecule has 8 bridgehead atoms. The lowest BCUT2D eigenvalue weighted by Gasteiger charge is -2.10. The Morgan fingerprint density at radius 3 is 0.777 bits per heavy atom. The van der Waals surface area contributed by atoms with E-state index < -0.39 is 5.97 Å². The standard InChI is InChI=1S/C84H108N4O6/c1-5-9-12-15-18-21-24-27-30-33-60-91-68-44-36-64(37-45-68)81-72-52-54-74(85-72)82(65-38-46-69(47-39-65)92-61-34-31-28-25-22-19-16-13-10-6-2)76-56-58-78(87-76)84(67-42-50-71(51-43-67)94-63-80(89)90-8-4)79-59-57-77(88-79)83(75-55-53-73(81)86-75)66-40-48-70(49-41-66)93-62-35-32-29-26-23-20-17-14-11-7-3/h36-59,85,88H,5-35,60-63H2,1-4H3. The number of nitrogens with one attached hydrogen (secondary N) is 2. The van der Waals surface area contributed by atoms with Gasteiger partial charge in [0.05, 0.1) is 49.2 Å². The third kappa shape index (κ3) is 21.9. The third-order valence-electron chi connectivity index (χ3n) is 18.3. The van der Waals surface area contributed by atoms with Crippen LogP contribution in [-0.2, 0) is 9.53 Å². The van der Waals surface area contributed by atoms with Crippen LogP contribution in [0.5, 0.6) is 23.0 Å². The molecule has 0 aliphatic carbocycles. The summed E-state index contributed by atoms with van der Waals surface area (Å²) in [5.74, 6) is 2.73. The highest BCUT2D eigenvalue weighted by atomic mass is 16.6. The molecule has 5 heterocycles. The van der Waals surface area contributed by atoms with Gasteiger partial charge in [0.25, 0.3) is 0 Å². The van der Waals surface area contributed by atoms with E-state index in [9.17, 15) is 4.79 Å². The molecule has 2 aliphatic rings. The van der Waals surface area contributed by atoms with Crippen molar-refractivity contribution in [1.82, 2.24) is 19.9 Å². The molecule has 500 valence electrons. The normalized spacial score (nSPS) is 11.8. The average Bonchev–Trinajstić information content (AvgIpc) is 1.61. The van der Waals surface area contributed by atoms with E-state index in [0.717, 1.165) is 126 Å². The van der Waals surface area contributed by atoms with Crippen LogP contribution in [0.2, 0.25) is 0 Å². The quantitative estimate of drug-likeness (QED) is 0.0286. The molecule has 0 atom stereocenters. The fraction of sp³-hybridized carbons (Fsp3) is 0.464. The number of aromatic amines is 2. The van der Waals surface area contributed by atoms with Gasteiger partial charge in [0, 0.05) is 44.3 Å². The molecule has 0 fully saturated rings. The molecule has 0 unspecified atom stereocenters. The fourth-order valence-electron chi connectivity index (χ4n) is 13.0. The molecule has 2 aliphatic heterocycles. The average molecular weight is 1270 g/mol. The molecule has 94 heavy (non-hydrogen) atoms.